The van der Waals surface area contributed by atoms with Crippen molar-refractivity contribution in [2.75, 3.05) is 47.5 Å². The van der Waals surface area contributed by atoms with Gasteiger partial charge in [0, 0.05) is 12.8 Å². The van der Waals surface area contributed by atoms with Crippen LogP contribution in [-0.4, -0.2) is 87.4 Å². The number of carbonyl (C=O) groups is 3. The van der Waals surface area contributed by atoms with Crippen molar-refractivity contribution >= 4 is 17.9 Å². The van der Waals surface area contributed by atoms with Gasteiger partial charge < -0.3 is 28.5 Å². The van der Waals surface area contributed by atoms with Gasteiger partial charge >= 0.3 is 17.9 Å². The van der Waals surface area contributed by atoms with Gasteiger partial charge in [0.1, 0.15) is 13.2 Å². The molecule has 9 heteroatoms. The molecule has 0 amide bonds. The molecular weight excluding hydrogens is 947 g/mol. The van der Waals surface area contributed by atoms with Gasteiger partial charge in [-0.05, 0) is 70.6 Å². The molecule has 76 heavy (non-hydrogen) atoms. The van der Waals surface area contributed by atoms with Crippen LogP contribution in [0.3, 0.4) is 0 Å². The van der Waals surface area contributed by atoms with Crippen molar-refractivity contribution in [1.29, 1.82) is 0 Å². The van der Waals surface area contributed by atoms with Crippen LogP contribution in [-0.2, 0) is 33.3 Å². The first kappa shape index (κ1) is 72.5. The van der Waals surface area contributed by atoms with Gasteiger partial charge in [0.05, 0.1) is 34.4 Å². The Bertz CT molecular complexity index is 1520. The highest BCUT2D eigenvalue weighted by atomic mass is 16.7. The van der Waals surface area contributed by atoms with E-state index in [1.165, 1.54) is 154 Å². The molecule has 0 saturated heterocycles. The summed E-state index contributed by atoms with van der Waals surface area (Å²) in [4.78, 5) is 37.3. The third-order valence-electron chi connectivity index (χ3n) is 13.4. The lowest BCUT2D eigenvalue weighted by atomic mass is 10.0. The monoisotopic (exact) mass is 1060 g/mol. The molecule has 0 aromatic heterocycles. The van der Waals surface area contributed by atoms with E-state index in [2.05, 4.69) is 98.9 Å². The Morgan fingerprint density at radius 1 is 0.408 bits per heavy atom. The molecule has 0 aliphatic heterocycles. The minimum absolute atomic E-state index is 0.179. The summed E-state index contributed by atoms with van der Waals surface area (Å²) in [6.45, 7) is 4.76. The fourth-order valence-corrected chi connectivity index (χ4v) is 8.64. The number of ether oxygens (including phenoxy) is 4. The van der Waals surface area contributed by atoms with Crippen LogP contribution < -0.4 is 0 Å². The molecule has 2 atom stereocenters. The highest BCUT2D eigenvalue weighted by Crippen LogP contribution is 2.17. The molecular formula is C67H118NO8+. The van der Waals surface area contributed by atoms with Gasteiger partial charge in [-0.25, -0.2) is 4.79 Å². The molecule has 0 aromatic carbocycles. The maximum Gasteiger partial charge on any atom is 0.361 e. The SMILES string of the molecule is CC/C=C\C/C=C\C/C=C\C/C=C\C/C=C\C/C=C\C/C=C\CCCCCCCCCCCCCCCCCCCCCC(=O)OC(COC(=O)CCCCCCCCCCCC)COC(OCC[N+](C)(C)C)C(=O)O. The maximum absolute atomic E-state index is 12.9. The maximum atomic E-state index is 12.9. The normalized spacial score (nSPS) is 13.3. The van der Waals surface area contributed by atoms with E-state index in [0.717, 1.165) is 83.5 Å². The lowest BCUT2D eigenvalue weighted by Crippen LogP contribution is -2.40. The first-order valence-electron chi connectivity index (χ1n) is 31.3. The van der Waals surface area contributed by atoms with Crippen LogP contribution in [0.4, 0.5) is 0 Å². The number of rotatable bonds is 57. The van der Waals surface area contributed by atoms with Crippen LogP contribution >= 0.6 is 0 Å². The second kappa shape index (κ2) is 57.6. The summed E-state index contributed by atoms with van der Waals surface area (Å²) in [6, 6.07) is 0. The molecule has 438 valence electrons. The van der Waals surface area contributed by atoms with E-state index in [9.17, 15) is 19.5 Å². The molecule has 0 heterocycles. The molecule has 0 rings (SSSR count). The zero-order chi connectivity index (χ0) is 55.5. The summed E-state index contributed by atoms with van der Waals surface area (Å²) in [5.41, 5.74) is 0. The highest BCUT2D eigenvalue weighted by Gasteiger charge is 2.25. The zero-order valence-electron chi connectivity index (χ0n) is 49.9. The second-order valence-corrected chi connectivity index (χ2v) is 22.0. The summed E-state index contributed by atoms with van der Waals surface area (Å²) in [7, 11) is 5.97. The Morgan fingerprint density at radius 2 is 0.750 bits per heavy atom. The van der Waals surface area contributed by atoms with E-state index < -0.39 is 24.3 Å². The molecule has 0 aliphatic carbocycles. The van der Waals surface area contributed by atoms with Crippen LogP contribution in [0.1, 0.15) is 264 Å². The first-order chi connectivity index (χ1) is 37.1. The van der Waals surface area contributed by atoms with E-state index in [-0.39, 0.29) is 32.2 Å². The van der Waals surface area contributed by atoms with Gasteiger partial charge in [-0.3, -0.25) is 9.59 Å². The summed E-state index contributed by atoms with van der Waals surface area (Å²) in [5, 5.41) is 9.68. The minimum Gasteiger partial charge on any atom is -0.477 e. The second-order valence-electron chi connectivity index (χ2n) is 22.0. The summed E-state index contributed by atoms with van der Waals surface area (Å²) in [5.74, 6) is -2.00. The van der Waals surface area contributed by atoms with Crippen LogP contribution in [0.5, 0.6) is 0 Å². The predicted octanol–water partition coefficient (Wildman–Crippen LogP) is 18.7. The number of carboxylic acid groups (broad SMARTS) is 1. The Labute approximate surface area is 468 Å². The van der Waals surface area contributed by atoms with Gasteiger partial charge in [0.15, 0.2) is 6.10 Å². The Balaban J connectivity index is 3.93. The van der Waals surface area contributed by atoms with Crippen molar-refractivity contribution in [2.24, 2.45) is 0 Å². The Hall–Kier alpha value is -3.53. The number of unbranched alkanes of at least 4 members (excludes halogenated alkanes) is 28. The molecule has 1 N–H and O–H groups in total. The molecule has 9 nitrogen and oxygen atoms in total. The fourth-order valence-electron chi connectivity index (χ4n) is 8.64. The molecule has 0 aromatic rings. The summed E-state index contributed by atoms with van der Waals surface area (Å²) in [6.07, 6.45) is 74.2. The van der Waals surface area contributed by atoms with Crippen molar-refractivity contribution in [3.05, 3.63) is 85.1 Å². The number of aliphatic carboxylic acids is 1. The number of likely N-dealkylation sites (N-methyl/N-ethyl adjacent to an activating group) is 1. The van der Waals surface area contributed by atoms with Crippen molar-refractivity contribution in [2.45, 2.75) is 277 Å². The van der Waals surface area contributed by atoms with Gasteiger partial charge in [-0.2, -0.15) is 0 Å². The number of hydrogen-bond donors (Lipinski definition) is 1. The van der Waals surface area contributed by atoms with Gasteiger partial charge in [-0.15, -0.1) is 0 Å². The predicted molar refractivity (Wildman–Crippen MR) is 322 cm³/mol. The van der Waals surface area contributed by atoms with E-state index in [1.54, 1.807) is 0 Å². The fraction of sp³-hybridized carbons (Fsp3) is 0.746. The number of esters is 2. The average Bonchev–Trinajstić information content (AvgIpc) is 3.39. The molecule has 0 aliphatic rings. The van der Waals surface area contributed by atoms with Crippen LogP contribution in [0.2, 0.25) is 0 Å². The number of allylic oxidation sites excluding steroid dienone is 14. The molecule has 0 fully saturated rings. The number of carbonyl (C=O) groups excluding carboxylic acids is 2. The smallest absolute Gasteiger partial charge is 0.361 e. The van der Waals surface area contributed by atoms with Gasteiger partial charge in [-0.1, -0.05) is 266 Å². The van der Waals surface area contributed by atoms with Gasteiger partial charge in [0.2, 0.25) is 0 Å². The van der Waals surface area contributed by atoms with E-state index >= 15 is 0 Å². The highest BCUT2D eigenvalue weighted by molar-refractivity contribution is 5.71. The zero-order valence-corrected chi connectivity index (χ0v) is 49.9. The third kappa shape index (κ3) is 58.2. The van der Waals surface area contributed by atoms with E-state index in [0.29, 0.717) is 17.4 Å². The summed E-state index contributed by atoms with van der Waals surface area (Å²) < 4.78 is 22.8. The number of nitrogens with zero attached hydrogens (tertiary/aromatic N) is 1. The van der Waals surface area contributed by atoms with Crippen molar-refractivity contribution in [3.8, 4) is 0 Å². The first-order valence-corrected chi connectivity index (χ1v) is 31.3. The molecule has 0 saturated carbocycles. The number of carboxylic acids is 1. The molecule has 2 unspecified atom stereocenters. The number of quaternary nitrogens is 1. The van der Waals surface area contributed by atoms with Crippen molar-refractivity contribution in [1.82, 2.24) is 0 Å². The average molecular weight is 1070 g/mol. The quantitative estimate of drug-likeness (QED) is 0.0211. The van der Waals surface area contributed by atoms with E-state index in [4.69, 9.17) is 18.9 Å². The van der Waals surface area contributed by atoms with Crippen molar-refractivity contribution < 1.29 is 42.9 Å². The molecule has 0 bridgehead atoms. The van der Waals surface area contributed by atoms with Crippen LogP contribution in [0.15, 0.2) is 85.1 Å². The van der Waals surface area contributed by atoms with Crippen LogP contribution in [0.25, 0.3) is 0 Å². The topological polar surface area (TPSA) is 108 Å². The Morgan fingerprint density at radius 3 is 1.12 bits per heavy atom. The summed E-state index contributed by atoms with van der Waals surface area (Å²) >= 11 is 0. The van der Waals surface area contributed by atoms with Crippen LogP contribution in [0, 0.1) is 0 Å². The lowest BCUT2D eigenvalue weighted by Gasteiger charge is -2.25. The largest absolute Gasteiger partial charge is 0.477 e. The minimum atomic E-state index is -1.51. The number of hydrogen-bond acceptors (Lipinski definition) is 7. The molecule has 0 spiro atoms. The standard InChI is InChI=1S/C67H117NO8/c1-6-8-10-12-14-16-18-19-20-21-22-23-24-25-26-27-28-29-30-31-32-33-34-35-36-37-38-39-40-41-42-43-44-45-46-47-48-50-52-54-56-58-65(70)76-63(62-75-67(66(71)72)73-60-59-68(3,4)5)61-74-64(69)57-55-53-51-49-17-15-13-11-9-7-2/h8,10,14,16,19-20,22-23,25-26,28-29,31-32,63,67H,6-7,9,11-13,15,17-18,21,24,27,30,33-62H2,1-5H3/p+1/b10-8-,16-14-,20-19-,23-22-,26-25-,29-28-,32-31-. The lowest BCUT2D eigenvalue weighted by molar-refractivity contribution is -0.870. The van der Waals surface area contributed by atoms with Gasteiger partial charge in [0.25, 0.3) is 6.29 Å². The molecule has 0 radical (unpaired) electrons. The van der Waals surface area contributed by atoms with Crippen molar-refractivity contribution in [3.63, 3.8) is 0 Å². The Kier molecular flexibility index (Phi) is 55.0. The van der Waals surface area contributed by atoms with E-state index in [1.807, 2.05) is 21.1 Å². The third-order valence-corrected chi connectivity index (χ3v) is 13.4.